The van der Waals surface area contributed by atoms with Gasteiger partial charge in [0, 0.05) is 28.8 Å². The van der Waals surface area contributed by atoms with Crippen LogP contribution >= 0.6 is 28.1 Å². The minimum Gasteiger partial charge on any atom is -0.389 e. The third-order valence-corrected chi connectivity index (χ3v) is 4.37. The molecule has 1 fully saturated rings. The van der Waals surface area contributed by atoms with Crippen LogP contribution in [0.4, 0.5) is 5.69 Å². The molecule has 1 unspecified atom stereocenters. The quantitative estimate of drug-likeness (QED) is 0.858. The van der Waals surface area contributed by atoms with Crippen molar-refractivity contribution in [3.8, 4) is 0 Å². The van der Waals surface area contributed by atoms with Crippen LogP contribution in [0.2, 0.25) is 0 Å². The van der Waals surface area contributed by atoms with Gasteiger partial charge in [-0.25, -0.2) is 0 Å². The number of thiocarbonyl (C=S) groups is 1. The zero-order valence-electron chi connectivity index (χ0n) is 10.7. The molecule has 1 saturated heterocycles. The third-order valence-electron chi connectivity index (χ3n) is 3.66. The van der Waals surface area contributed by atoms with Crippen LogP contribution in [-0.4, -0.2) is 18.1 Å². The molecule has 0 aliphatic carbocycles. The van der Waals surface area contributed by atoms with Crippen molar-refractivity contribution in [2.45, 2.75) is 26.2 Å². The summed E-state index contributed by atoms with van der Waals surface area (Å²) in [7, 11) is 0. The van der Waals surface area contributed by atoms with Crippen molar-refractivity contribution in [3.05, 3.63) is 28.2 Å². The van der Waals surface area contributed by atoms with Gasteiger partial charge in [0.05, 0.1) is 0 Å². The molecule has 0 radical (unpaired) electrons. The average Bonchev–Trinajstić information content (AvgIpc) is 2.38. The van der Waals surface area contributed by atoms with Crippen LogP contribution in [-0.2, 0) is 0 Å². The molecule has 98 valence electrons. The Labute approximate surface area is 123 Å². The summed E-state index contributed by atoms with van der Waals surface area (Å²) < 4.78 is 1.03. The minimum atomic E-state index is 0.477. The second-order valence-electron chi connectivity index (χ2n) is 4.89. The minimum absolute atomic E-state index is 0.477. The lowest BCUT2D eigenvalue weighted by Gasteiger charge is -2.35. The molecule has 2 nitrogen and oxygen atoms in total. The number of benzene rings is 1. The SMILES string of the molecule is CCC1CCCN(c2ccc(Br)cc2C(N)=S)C1. The van der Waals surface area contributed by atoms with E-state index >= 15 is 0 Å². The maximum Gasteiger partial charge on any atom is 0.106 e. The van der Waals surface area contributed by atoms with Crippen LogP contribution in [0.15, 0.2) is 22.7 Å². The molecule has 0 spiro atoms. The molecule has 2 rings (SSSR count). The highest BCUT2D eigenvalue weighted by Crippen LogP contribution is 2.29. The maximum atomic E-state index is 5.84. The molecule has 0 saturated carbocycles. The van der Waals surface area contributed by atoms with E-state index in [4.69, 9.17) is 18.0 Å². The number of nitrogens with zero attached hydrogens (tertiary/aromatic N) is 1. The highest BCUT2D eigenvalue weighted by molar-refractivity contribution is 9.10. The van der Waals surface area contributed by atoms with E-state index in [0.29, 0.717) is 4.99 Å². The lowest BCUT2D eigenvalue weighted by molar-refractivity contribution is 0.404. The summed E-state index contributed by atoms with van der Waals surface area (Å²) in [4.78, 5) is 2.91. The summed E-state index contributed by atoms with van der Waals surface area (Å²) >= 11 is 8.65. The van der Waals surface area contributed by atoms with Crippen LogP contribution in [0.3, 0.4) is 0 Å². The van der Waals surface area contributed by atoms with E-state index in [1.54, 1.807) is 0 Å². The zero-order chi connectivity index (χ0) is 13.1. The first-order valence-electron chi connectivity index (χ1n) is 6.46. The second-order valence-corrected chi connectivity index (χ2v) is 6.24. The van der Waals surface area contributed by atoms with Gasteiger partial charge in [-0.3, -0.25) is 0 Å². The first-order chi connectivity index (χ1) is 8.61. The first kappa shape index (κ1) is 13.8. The van der Waals surface area contributed by atoms with Gasteiger partial charge in [-0.2, -0.15) is 0 Å². The van der Waals surface area contributed by atoms with Crippen molar-refractivity contribution >= 4 is 38.8 Å². The first-order valence-corrected chi connectivity index (χ1v) is 7.66. The molecule has 1 atom stereocenters. The van der Waals surface area contributed by atoms with Crippen molar-refractivity contribution in [2.75, 3.05) is 18.0 Å². The van der Waals surface area contributed by atoms with Gasteiger partial charge < -0.3 is 10.6 Å². The van der Waals surface area contributed by atoms with Gasteiger partial charge in [-0.1, -0.05) is 41.5 Å². The topological polar surface area (TPSA) is 29.3 Å². The van der Waals surface area contributed by atoms with Gasteiger partial charge in [-0.05, 0) is 37.0 Å². The van der Waals surface area contributed by atoms with Gasteiger partial charge in [-0.15, -0.1) is 0 Å². The standard InChI is InChI=1S/C14H19BrN2S/c1-2-10-4-3-7-17(9-10)13-6-5-11(15)8-12(13)14(16)18/h5-6,8,10H,2-4,7,9H2,1H3,(H2,16,18). The fourth-order valence-electron chi connectivity index (χ4n) is 2.60. The summed E-state index contributed by atoms with van der Waals surface area (Å²) in [6.07, 6.45) is 3.84. The van der Waals surface area contributed by atoms with Crippen LogP contribution in [0.25, 0.3) is 0 Å². The van der Waals surface area contributed by atoms with Crippen molar-refractivity contribution in [3.63, 3.8) is 0 Å². The zero-order valence-corrected chi connectivity index (χ0v) is 13.1. The van der Waals surface area contributed by atoms with Gasteiger partial charge in [0.1, 0.15) is 4.99 Å². The summed E-state index contributed by atoms with van der Waals surface area (Å²) in [5, 5.41) is 0. The predicted molar refractivity (Wildman–Crippen MR) is 85.3 cm³/mol. The van der Waals surface area contributed by atoms with E-state index in [-0.39, 0.29) is 0 Å². The molecule has 1 heterocycles. The Bertz CT molecular complexity index is 447. The van der Waals surface area contributed by atoms with Gasteiger partial charge >= 0.3 is 0 Å². The Morgan fingerprint density at radius 3 is 3.00 bits per heavy atom. The maximum absolute atomic E-state index is 5.84. The van der Waals surface area contributed by atoms with E-state index in [1.165, 1.54) is 24.9 Å². The van der Waals surface area contributed by atoms with Crippen molar-refractivity contribution < 1.29 is 0 Å². The highest BCUT2D eigenvalue weighted by atomic mass is 79.9. The van der Waals surface area contributed by atoms with Crippen LogP contribution in [0.1, 0.15) is 31.7 Å². The molecule has 4 heteroatoms. The largest absolute Gasteiger partial charge is 0.389 e. The summed E-state index contributed by atoms with van der Waals surface area (Å²) in [5.74, 6) is 0.793. The number of hydrogen-bond acceptors (Lipinski definition) is 2. The molecule has 1 aliphatic rings. The Hall–Kier alpha value is -0.610. The molecular formula is C14H19BrN2S. The number of piperidine rings is 1. The van der Waals surface area contributed by atoms with Crippen LogP contribution < -0.4 is 10.6 Å². The summed E-state index contributed by atoms with van der Waals surface area (Å²) in [5.41, 5.74) is 8.01. The van der Waals surface area contributed by atoms with Crippen molar-refractivity contribution in [2.24, 2.45) is 11.7 Å². The van der Waals surface area contributed by atoms with E-state index < -0.39 is 0 Å². The van der Waals surface area contributed by atoms with E-state index in [0.717, 1.165) is 29.0 Å². The monoisotopic (exact) mass is 326 g/mol. The summed E-state index contributed by atoms with van der Waals surface area (Å²) in [6, 6.07) is 6.20. The average molecular weight is 327 g/mol. The van der Waals surface area contributed by atoms with E-state index in [2.05, 4.69) is 39.9 Å². The predicted octanol–water partition coefficient (Wildman–Crippen LogP) is 3.71. The Morgan fingerprint density at radius 1 is 1.56 bits per heavy atom. The molecule has 18 heavy (non-hydrogen) atoms. The van der Waals surface area contributed by atoms with Crippen LogP contribution in [0, 0.1) is 5.92 Å². The molecule has 0 aromatic heterocycles. The fraction of sp³-hybridized carbons (Fsp3) is 0.500. The molecule has 1 aliphatic heterocycles. The van der Waals surface area contributed by atoms with Crippen LogP contribution in [0.5, 0.6) is 0 Å². The fourth-order valence-corrected chi connectivity index (χ4v) is 3.12. The molecule has 0 amide bonds. The molecule has 0 bridgehead atoms. The number of nitrogens with two attached hydrogens (primary N) is 1. The number of hydrogen-bond donors (Lipinski definition) is 1. The van der Waals surface area contributed by atoms with Gasteiger partial charge in [0.25, 0.3) is 0 Å². The van der Waals surface area contributed by atoms with Crippen molar-refractivity contribution in [1.82, 2.24) is 0 Å². The van der Waals surface area contributed by atoms with Gasteiger partial charge in [0.15, 0.2) is 0 Å². The third kappa shape index (κ3) is 3.04. The molecule has 1 aromatic rings. The van der Waals surface area contributed by atoms with E-state index in [9.17, 15) is 0 Å². The molecule has 1 aromatic carbocycles. The second kappa shape index (κ2) is 6.02. The molecular weight excluding hydrogens is 308 g/mol. The smallest absolute Gasteiger partial charge is 0.106 e. The highest BCUT2D eigenvalue weighted by Gasteiger charge is 2.21. The Morgan fingerprint density at radius 2 is 2.33 bits per heavy atom. The number of anilines is 1. The number of rotatable bonds is 3. The Balaban J connectivity index is 2.29. The Kier molecular flexibility index (Phi) is 4.62. The van der Waals surface area contributed by atoms with Crippen molar-refractivity contribution in [1.29, 1.82) is 0 Å². The van der Waals surface area contributed by atoms with Gasteiger partial charge in [0.2, 0.25) is 0 Å². The molecule has 2 N–H and O–H groups in total. The number of halogens is 1. The normalized spacial score (nSPS) is 19.9. The lowest BCUT2D eigenvalue weighted by Crippen LogP contribution is -2.36. The lowest BCUT2D eigenvalue weighted by atomic mass is 9.94. The van der Waals surface area contributed by atoms with E-state index in [1.807, 2.05) is 6.07 Å². The summed E-state index contributed by atoms with van der Waals surface area (Å²) in [6.45, 7) is 4.49.